The number of nitrogens with one attached hydrogen (secondary N) is 2. The maximum atomic E-state index is 12.8. The van der Waals surface area contributed by atoms with Gasteiger partial charge in [-0.3, -0.25) is 9.59 Å². The molecule has 40 heavy (non-hydrogen) atoms. The molecule has 0 saturated carbocycles. The molecule has 0 fully saturated rings. The summed E-state index contributed by atoms with van der Waals surface area (Å²) in [7, 11) is 1.54. The maximum Gasteiger partial charge on any atom is 0.410 e. The number of rotatable bonds is 7. The van der Waals surface area contributed by atoms with Gasteiger partial charge in [-0.05, 0) is 69.2 Å². The van der Waals surface area contributed by atoms with Gasteiger partial charge < -0.3 is 25.0 Å². The molecule has 3 amide bonds. The molecule has 4 rings (SSSR count). The number of methoxy groups -OCH3 is 1. The summed E-state index contributed by atoms with van der Waals surface area (Å²) in [4.78, 5) is 41.2. The van der Waals surface area contributed by atoms with Crippen LogP contribution in [0.4, 0.5) is 15.5 Å². The topological polar surface area (TPSA) is 121 Å². The van der Waals surface area contributed by atoms with Gasteiger partial charge in [-0.1, -0.05) is 12.1 Å². The van der Waals surface area contributed by atoms with E-state index in [9.17, 15) is 19.6 Å². The van der Waals surface area contributed by atoms with Crippen molar-refractivity contribution in [3.63, 3.8) is 0 Å². The molecule has 208 valence electrons. The van der Waals surface area contributed by atoms with Gasteiger partial charge in [0.15, 0.2) is 0 Å². The lowest BCUT2D eigenvalue weighted by atomic mass is 10.0. The van der Waals surface area contributed by atoms with Gasteiger partial charge in [-0.15, -0.1) is 23.1 Å². The second-order valence-electron chi connectivity index (χ2n) is 10.0. The average Bonchev–Trinajstić information content (AvgIpc) is 3.27. The molecular formula is C29H30N4O5S2. The monoisotopic (exact) mass is 578 g/mol. The zero-order valence-corrected chi connectivity index (χ0v) is 24.3. The molecule has 11 heteroatoms. The average molecular weight is 579 g/mol. The number of amides is 3. The Morgan fingerprint density at radius 3 is 2.62 bits per heavy atom. The van der Waals surface area contributed by atoms with E-state index in [1.54, 1.807) is 54.5 Å². The van der Waals surface area contributed by atoms with Gasteiger partial charge >= 0.3 is 6.09 Å². The molecule has 0 spiro atoms. The lowest BCUT2D eigenvalue weighted by molar-refractivity contribution is -0.113. The van der Waals surface area contributed by atoms with Crippen LogP contribution in [-0.4, -0.2) is 47.8 Å². The molecule has 0 aliphatic carbocycles. The number of carbonyl (C=O) groups is 3. The summed E-state index contributed by atoms with van der Waals surface area (Å²) in [5.41, 5.74) is 1.80. The fourth-order valence-electron chi connectivity index (χ4n) is 4.03. The third-order valence-corrected chi connectivity index (χ3v) is 7.99. The van der Waals surface area contributed by atoms with Crippen molar-refractivity contribution in [2.24, 2.45) is 0 Å². The van der Waals surface area contributed by atoms with Crippen molar-refractivity contribution in [1.82, 2.24) is 4.90 Å². The lowest BCUT2D eigenvalue weighted by Gasteiger charge is -2.29. The fourth-order valence-corrected chi connectivity index (χ4v) is 6.02. The first-order valence-corrected chi connectivity index (χ1v) is 14.4. The Morgan fingerprint density at radius 2 is 1.90 bits per heavy atom. The highest BCUT2D eigenvalue weighted by atomic mass is 32.2. The minimum atomic E-state index is -0.595. The van der Waals surface area contributed by atoms with Gasteiger partial charge in [0.05, 0.1) is 25.0 Å². The van der Waals surface area contributed by atoms with Crippen molar-refractivity contribution in [3.05, 3.63) is 70.1 Å². The van der Waals surface area contributed by atoms with Crippen molar-refractivity contribution < 1.29 is 23.9 Å². The maximum absolute atomic E-state index is 12.8. The summed E-state index contributed by atoms with van der Waals surface area (Å²) in [5, 5.41) is 16.0. The SMILES string of the molecule is COc1cccc(C(=O)Nc2cccc(SCC(=O)Nc3sc4c(c3C#N)CCN(C(=O)OC(C)(C)C)C4)c2)c1. The zero-order chi connectivity index (χ0) is 28.9. The van der Waals surface area contributed by atoms with Crippen LogP contribution in [0.2, 0.25) is 0 Å². The minimum absolute atomic E-state index is 0.116. The van der Waals surface area contributed by atoms with Gasteiger partial charge in [-0.25, -0.2) is 4.79 Å². The van der Waals surface area contributed by atoms with E-state index in [1.165, 1.54) is 23.1 Å². The van der Waals surface area contributed by atoms with Crippen LogP contribution in [0.3, 0.4) is 0 Å². The molecule has 1 aliphatic heterocycles. The van der Waals surface area contributed by atoms with E-state index in [2.05, 4.69) is 16.7 Å². The number of nitrogens with zero attached hydrogens (tertiary/aromatic N) is 2. The number of ether oxygens (including phenoxy) is 2. The molecule has 2 heterocycles. The van der Waals surface area contributed by atoms with E-state index < -0.39 is 11.7 Å². The molecule has 3 aromatic rings. The van der Waals surface area contributed by atoms with Gasteiger partial charge in [0.2, 0.25) is 5.91 Å². The molecule has 0 saturated heterocycles. The Kier molecular flexibility index (Phi) is 9.02. The first-order chi connectivity index (χ1) is 19.1. The van der Waals surface area contributed by atoms with Crippen LogP contribution in [0.15, 0.2) is 53.4 Å². The molecule has 0 atom stereocenters. The van der Waals surface area contributed by atoms with E-state index in [4.69, 9.17) is 9.47 Å². The molecule has 1 aliphatic rings. The van der Waals surface area contributed by atoms with Crippen molar-refractivity contribution >= 4 is 51.7 Å². The standard InChI is InChI=1S/C29H30N4O5S2/c1-29(2,3)38-28(36)33-12-11-22-23(15-30)27(40-24(22)16-33)32-25(34)17-39-21-10-6-8-19(14-21)31-26(35)18-7-5-9-20(13-18)37-4/h5-10,13-14H,11-12,16-17H2,1-4H3,(H,31,35)(H,32,34). The molecule has 1 aromatic heterocycles. The van der Waals surface area contributed by atoms with Crippen molar-refractivity contribution in [1.29, 1.82) is 5.26 Å². The predicted molar refractivity (Wildman–Crippen MR) is 156 cm³/mol. The molecule has 0 bridgehead atoms. The molecular weight excluding hydrogens is 548 g/mol. The first kappa shape index (κ1) is 29.0. The molecule has 0 radical (unpaired) electrons. The van der Waals surface area contributed by atoms with Gasteiger partial charge in [0.25, 0.3) is 5.91 Å². The Morgan fingerprint density at radius 1 is 1.12 bits per heavy atom. The Hall–Kier alpha value is -4.01. The number of hydrogen-bond donors (Lipinski definition) is 2. The number of benzene rings is 2. The molecule has 0 unspecified atom stereocenters. The van der Waals surface area contributed by atoms with Crippen LogP contribution in [0.25, 0.3) is 0 Å². The zero-order valence-electron chi connectivity index (χ0n) is 22.7. The van der Waals surface area contributed by atoms with E-state index >= 15 is 0 Å². The smallest absolute Gasteiger partial charge is 0.410 e. The van der Waals surface area contributed by atoms with E-state index in [-0.39, 0.29) is 17.6 Å². The highest BCUT2D eigenvalue weighted by Crippen LogP contribution is 2.37. The second-order valence-corrected chi connectivity index (χ2v) is 12.2. The van der Waals surface area contributed by atoms with Crippen LogP contribution in [0.1, 0.15) is 47.1 Å². The summed E-state index contributed by atoms with van der Waals surface area (Å²) in [6.45, 7) is 6.24. The Bertz CT molecular complexity index is 1470. The number of anilines is 2. The summed E-state index contributed by atoms with van der Waals surface area (Å²) in [5.74, 6) is 0.184. The second kappa shape index (κ2) is 12.4. The first-order valence-electron chi connectivity index (χ1n) is 12.6. The predicted octanol–water partition coefficient (Wildman–Crippen LogP) is 5.90. The minimum Gasteiger partial charge on any atom is -0.497 e. The lowest BCUT2D eigenvalue weighted by Crippen LogP contribution is -2.39. The van der Waals surface area contributed by atoms with E-state index in [0.29, 0.717) is 47.1 Å². The number of thioether (sulfide) groups is 1. The number of hydrogen-bond acceptors (Lipinski definition) is 8. The van der Waals surface area contributed by atoms with Gasteiger partial charge in [-0.2, -0.15) is 5.26 Å². The van der Waals surface area contributed by atoms with Crippen LogP contribution < -0.4 is 15.4 Å². The quantitative estimate of drug-likeness (QED) is 0.335. The van der Waals surface area contributed by atoms with E-state index in [0.717, 1.165) is 15.3 Å². The summed E-state index contributed by atoms with van der Waals surface area (Å²) in [6.07, 6.45) is 0.126. The van der Waals surface area contributed by atoms with Crippen molar-refractivity contribution in [3.8, 4) is 11.8 Å². The van der Waals surface area contributed by atoms with Crippen molar-refractivity contribution in [2.75, 3.05) is 30.0 Å². The third-order valence-electron chi connectivity index (χ3n) is 5.87. The van der Waals surface area contributed by atoms with Crippen LogP contribution in [0, 0.1) is 11.3 Å². The normalized spacial score (nSPS) is 12.6. The highest BCUT2D eigenvalue weighted by molar-refractivity contribution is 8.00. The van der Waals surface area contributed by atoms with Gasteiger partial charge in [0, 0.05) is 27.6 Å². The van der Waals surface area contributed by atoms with E-state index in [1.807, 2.05) is 26.8 Å². The Balaban J connectivity index is 1.36. The van der Waals surface area contributed by atoms with Crippen LogP contribution in [-0.2, 0) is 22.5 Å². The third kappa shape index (κ3) is 7.34. The fraction of sp³-hybridized carbons (Fsp3) is 0.310. The molecule has 9 nitrogen and oxygen atoms in total. The molecule has 2 N–H and O–H groups in total. The summed E-state index contributed by atoms with van der Waals surface area (Å²) < 4.78 is 10.7. The molecule has 2 aromatic carbocycles. The summed E-state index contributed by atoms with van der Waals surface area (Å²) in [6, 6.07) is 16.3. The van der Waals surface area contributed by atoms with Crippen LogP contribution >= 0.6 is 23.1 Å². The number of carbonyl (C=O) groups excluding carboxylic acids is 3. The number of nitriles is 1. The van der Waals surface area contributed by atoms with Crippen LogP contribution in [0.5, 0.6) is 5.75 Å². The Labute approximate surface area is 241 Å². The number of thiophene rings is 1. The van der Waals surface area contributed by atoms with Gasteiger partial charge in [0.1, 0.15) is 22.4 Å². The highest BCUT2D eigenvalue weighted by Gasteiger charge is 2.30. The number of fused-ring (bicyclic) bond motifs is 1. The van der Waals surface area contributed by atoms with Crippen molar-refractivity contribution in [2.45, 2.75) is 44.2 Å². The largest absolute Gasteiger partial charge is 0.497 e. The summed E-state index contributed by atoms with van der Waals surface area (Å²) >= 11 is 2.63.